The Bertz CT molecular complexity index is 923. The molecule has 0 aliphatic heterocycles. The standard InChI is InChI=1S/C27H28F2O3/c28-25-23(30-17-20-10-4-1-5-11-20)16-24(31-18-21-12-6-2-7-13-21)27(26(25)29)32-19-22-14-8-3-9-15-22/h1-15,23-27H,16-19H2/t23-,24+,25+,26+,27-/m0/s1. The third-order valence-electron chi connectivity index (χ3n) is 5.70. The molecule has 0 spiro atoms. The van der Waals surface area contributed by atoms with Gasteiger partial charge in [0.05, 0.1) is 32.0 Å². The molecule has 5 atom stereocenters. The normalized spacial score (nSPS) is 25.5. The first-order valence-electron chi connectivity index (χ1n) is 11.0. The Balaban J connectivity index is 1.44. The van der Waals surface area contributed by atoms with Crippen LogP contribution in [0.15, 0.2) is 91.0 Å². The molecule has 1 saturated carbocycles. The van der Waals surface area contributed by atoms with E-state index in [9.17, 15) is 0 Å². The Labute approximate surface area is 187 Å². The van der Waals surface area contributed by atoms with Crippen molar-refractivity contribution in [1.29, 1.82) is 0 Å². The van der Waals surface area contributed by atoms with Crippen molar-refractivity contribution in [2.24, 2.45) is 0 Å². The molecule has 0 bridgehead atoms. The number of hydrogen-bond acceptors (Lipinski definition) is 3. The summed E-state index contributed by atoms with van der Waals surface area (Å²) >= 11 is 0. The van der Waals surface area contributed by atoms with Gasteiger partial charge in [-0.05, 0) is 16.7 Å². The molecule has 0 aromatic heterocycles. The van der Waals surface area contributed by atoms with Gasteiger partial charge >= 0.3 is 0 Å². The second kappa shape index (κ2) is 11.3. The van der Waals surface area contributed by atoms with Crippen molar-refractivity contribution in [1.82, 2.24) is 0 Å². The summed E-state index contributed by atoms with van der Waals surface area (Å²) in [5.74, 6) is 0. The van der Waals surface area contributed by atoms with Gasteiger partial charge in [0.1, 0.15) is 6.10 Å². The number of rotatable bonds is 9. The zero-order valence-electron chi connectivity index (χ0n) is 17.9. The highest BCUT2D eigenvalue weighted by Gasteiger charge is 2.48. The number of halogens is 2. The zero-order chi connectivity index (χ0) is 22.2. The fourth-order valence-electron chi connectivity index (χ4n) is 3.93. The van der Waals surface area contributed by atoms with Crippen LogP contribution in [0.3, 0.4) is 0 Å². The number of hydrogen-bond donors (Lipinski definition) is 0. The first kappa shape index (κ1) is 22.6. The van der Waals surface area contributed by atoms with Crippen molar-refractivity contribution < 1.29 is 23.0 Å². The Hall–Kier alpha value is -2.60. The van der Waals surface area contributed by atoms with E-state index in [2.05, 4.69) is 0 Å². The average Bonchev–Trinajstić information content (AvgIpc) is 2.85. The molecule has 4 rings (SSSR count). The summed E-state index contributed by atoms with van der Waals surface area (Å²) in [5, 5.41) is 0. The van der Waals surface area contributed by atoms with E-state index in [1.807, 2.05) is 91.0 Å². The lowest BCUT2D eigenvalue weighted by molar-refractivity contribution is -0.189. The van der Waals surface area contributed by atoms with E-state index in [-0.39, 0.29) is 19.6 Å². The van der Waals surface area contributed by atoms with Crippen LogP contribution in [0.5, 0.6) is 0 Å². The van der Waals surface area contributed by atoms with Gasteiger partial charge in [0.25, 0.3) is 0 Å². The first-order chi connectivity index (χ1) is 15.7. The Kier molecular flexibility index (Phi) is 7.99. The number of benzene rings is 3. The summed E-state index contributed by atoms with van der Waals surface area (Å²) in [6, 6.07) is 28.6. The molecule has 0 radical (unpaired) electrons. The Morgan fingerprint density at radius 1 is 0.531 bits per heavy atom. The molecule has 3 nitrogen and oxygen atoms in total. The molecule has 32 heavy (non-hydrogen) atoms. The van der Waals surface area contributed by atoms with Crippen molar-refractivity contribution in [3.63, 3.8) is 0 Å². The largest absolute Gasteiger partial charge is 0.371 e. The maximum atomic E-state index is 15.2. The van der Waals surface area contributed by atoms with Gasteiger partial charge in [0.2, 0.25) is 0 Å². The van der Waals surface area contributed by atoms with E-state index in [1.165, 1.54) is 0 Å². The smallest absolute Gasteiger partial charge is 0.162 e. The molecule has 1 aliphatic carbocycles. The van der Waals surface area contributed by atoms with Gasteiger partial charge in [-0.25, -0.2) is 8.78 Å². The van der Waals surface area contributed by atoms with E-state index in [0.29, 0.717) is 6.61 Å². The van der Waals surface area contributed by atoms with E-state index in [4.69, 9.17) is 14.2 Å². The molecule has 1 fully saturated rings. The summed E-state index contributed by atoms with van der Waals surface area (Å²) in [7, 11) is 0. The lowest BCUT2D eigenvalue weighted by Gasteiger charge is -2.40. The predicted molar refractivity (Wildman–Crippen MR) is 119 cm³/mol. The molecule has 0 N–H and O–H groups in total. The quantitative estimate of drug-likeness (QED) is 0.421. The zero-order valence-corrected chi connectivity index (χ0v) is 17.9. The van der Waals surface area contributed by atoms with Crippen molar-refractivity contribution in [3.05, 3.63) is 108 Å². The van der Waals surface area contributed by atoms with Gasteiger partial charge in [0, 0.05) is 6.42 Å². The highest BCUT2D eigenvalue weighted by molar-refractivity contribution is 5.15. The lowest BCUT2D eigenvalue weighted by Crippen LogP contribution is -2.54. The number of ether oxygens (including phenoxy) is 3. The monoisotopic (exact) mass is 438 g/mol. The van der Waals surface area contributed by atoms with Gasteiger partial charge in [-0.3, -0.25) is 0 Å². The van der Waals surface area contributed by atoms with Crippen molar-refractivity contribution in [2.75, 3.05) is 0 Å². The first-order valence-corrected chi connectivity index (χ1v) is 11.0. The third-order valence-corrected chi connectivity index (χ3v) is 5.70. The van der Waals surface area contributed by atoms with Crippen molar-refractivity contribution in [3.8, 4) is 0 Å². The highest BCUT2D eigenvalue weighted by atomic mass is 19.2. The van der Waals surface area contributed by atoms with Crippen LogP contribution >= 0.6 is 0 Å². The minimum absolute atomic E-state index is 0.194. The van der Waals surface area contributed by atoms with Crippen LogP contribution in [-0.2, 0) is 34.0 Å². The molecule has 1 aliphatic rings. The molecule has 3 aromatic carbocycles. The van der Waals surface area contributed by atoms with Crippen LogP contribution in [0.1, 0.15) is 23.1 Å². The van der Waals surface area contributed by atoms with Crippen LogP contribution < -0.4 is 0 Å². The fraction of sp³-hybridized carbons (Fsp3) is 0.333. The highest BCUT2D eigenvalue weighted by Crippen LogP contribution is 2.33. The molecule has 0 heterocycles. The molecule has 0 unspecified atom stereocenters. The average molecular weight is 439 g/mol. The molecule has 0 saturated heterocycles. The molecular formula is C27H28F2O3. The number of alkyl halides is 2. The predicted octanol–water partition coefficient (Wildman–Crippen LogP) is 5.82. The summed E-state index contributed by atoms with van der Waals surface area (Å²) in [6.07, 6.45) is -5.93. The van der Waals surface area contributed by atoms with E-state index < -0.39 is 30.7 Å². The molecular weight excluding hydrogens is 410 g/mol. The Morgan fingerprint density at radius 2 is 0.938 bits per heavy atom. The van der Waals surface area contributed by atoms with Crippen molar-refractivity contribution in [2.45, 2.75) is 56.9 Å². The van der Waals surface area contributed by atoms with Gasteiger partial charge in [-0.2, -0.15) is 0 Å². The summed E-state index contributed by atoms with van der Waals surface area (Å²) in [5.41, 5.74) is 2.78. The van der Waals surface area contributed by atoms with Crippen LogP contribution in [0.2, 0.25) is 0 Å². The van der Waals surface area contributed by atoms with Gasteiger partial charge < -0.3 is 14.2 Å². The van der Waals surface area contributed by atoms with Crippen LogP contribution in [-0.4, -0.2) is 30.7 Å². The molecule has 5 heteroatoms. The van der Waals surface area contributed by atoms with E-state index in [1.54, 1.807) is 0 Å². The van der Waals surface area contributed by atoms with Gasteiger partial charge in [-0.15, -0.1) is 0 Å². The SMILES string of the molecule is F[C@@H]1[C@H](F)[C@@H](OCc2ccccc2)C[C@@H](OCc2ccccc2)[C@@H]1OCc1ccccc1. The summed E-state index contributed by atoms with van der Waals surface area (Å²) in [4.78, 5) is 0. The third kappa shape index (κ3) is 6.00. The van der Waals surface area contributed by atoms with E-state index >= 15 is 8.78 Å². The summed E-state index contributed by atoms with van der Waals surface area (Å²) < 4.78 is 48.0. The Morgan fingerprint density at radius 3 is 1.41 bits per heavy atom. The second-order valence-corrected chi connectivity index (χ2v) is 8.06. The molecule has 0 amide bonds. The van der Waals surface area contributed by atoms with Crippen LogP contribution in [0, 0.1) is 0 Å². The second-order valence-electron chi connectivity index (χ2n) is 8.06. The molecule has 168 valence electrons. The maximum absolute atomic E-state index is 15.2. The summed E-state index contributed by atoms with van der Waals surface area (Å²) in [6.45, 7) is 0.713. The lowest BCUT2D eigenvalue weighted by atomic mass is 9.88. The minimum Gasteiger partial charge on any atom is -0.371 e. The van der Waals surface area contributed by atoms with Crippen LogP contribution in [0.4, 0.5) is 8.78 Å². The van der Waals surface area contributed by atoms with Gasteiger partial charge in [0.15, 0.2) is 12.3 Å². The van der Waals surface area contributed by atoms with Crippen LogP contribution in [0.25, 0.3) is 0 Å². The fourth-order valence-corrected chi connectivity index (χ4v) is 3.93. The topological polar surface area (TPSA) is 27.7 Å². The molecule has 3 aromatic rings. The van der Waals surface area contributed by atoms with Gasteiger partial charge in [-0.1, -0.05) is 91.0 Å². The van der Waals surface area contributed by atoms with Crippen molar-refractivity contribution >= 4 is 0 Å². The minimum atomic E-state index is -1.84. The maximum Gasteiger partial charge on any atom is 0.162 e. The van der Waals surface area contributed by atoms with E-state index in [0.717, 1.165) is 16.7 Å².